The summed E-state index contributed by atoms with van der Waals surface area (Å²) < 4.78 is 5.41. The van der Waals surface area contributed by atoms with Gasteiger partial charge in [-0.15, -0.1) is 11.8 Å². The molecular weight excluding hydrogens is 332 g/mol. The first kappa shape index (κ1) is 17.8. The number of nitrogens with zero attached hydrogens (tertiary/aromatic N) is 1. The van der Waals surface area contributed by atoms with E-state index in [9.17, 15) is 4.79 Å². The van der Waals surface area contributed by atoms with Crippen LogP contribution in [0.15, 0.2) is 54.6 Å². The molecule has 1 aliphatic heterocycles. The summed E-state index contributed by atoms with van der Waals surface area (Å²) in [6.07, 6.45) is 1.38. The summed E-state index contributed by atoms with van der Waals surface area (Å²) in [5, 5.41) is 2.96. The average molecular weight is 356 g/mol. The Labute approximate surface area is 153 Å². The number of carbonyl (C=O) groups is 1. The van der Waals surface area contributed by atoms with Crippen LogP contribution in [-0.4, -0.2) is 38.0 Å². The zero-order chi connectivity index (χ0) is 17.5. The Balaban J connectivity index is 1.44. The van der Waals surface area contributed by atoms with Gasteiger partial charge in [-0.3, -0.25) is 4.79 Å². The summed E-state index contributed by atoms with van der Waals surface area (Å²) in [7, 11) is 1.77. The molecule has 1 amide bonds. The maximum atomic E-state index is 12.1. The van der Waals surface area contributed by atoms with Crippen LogP contribution in [0.25, 0.3) is 0 Å². The molecule has 0 spiro atoms. The molecule has 2 aromatic rings. The van der Waals surface area contributed by atoms with E-state index in [1.807, 2.05) is 30.3 Å². The van der Waals surface area contributed by atoms with Crippen molar-refractivity contribution >= 4 is 29.0 Å². The first-order valence-electron chi connectivity index (χ1n) is 8.54. The average Bonchev–Trinajstić information content (AvgIpc) is 3.12. The van der Waals surface area contributed by atoms with Crippen LogP contribution in [0, 0.1) is 0 Å². The standard InChI is InChI=1S/C20H24N2O2S/c1-24-19-11-12-22(13-19)18-9-7-17(8-10-18)21-20(23)15-25-14-16-5-3-2-4-6-16/h2-10,19H,11-15H2,1H3,(H,21,23)/t19-/m0/s1. The highest BCUT2D eigenvalue weighted by atomic mass is 32.2. The van der Waals surface area contributed by atoms with E-state index >= 15 is 0 Å². The van der Waals surface area contributed by atoms with Gasteiger partial charge in [0.2, 0.25) is 5.91 Å². The lowest BCUT2D eigenvalue weighted by Gasteiger charge is -2.18. The molecule has 0 bridgehead atoms. The Bertz CT molecular complexity index is 676. The van der Waals surface area contributed by atoms with Crippen LogP contribution in [0.3, 0.4) is 0 Å². The largest absolute Gasteiger partial charge is 0.380 e. The minimum atomic E-state index is 0.0364. The molecule has 0 radical (unpaired) electrons. The molecule has 1 fully saturated rings. The third-order valence-electron chi connectivity index (χ3n) is 4.34. The van der Waals surface area contributed by atoms with Gasteiger partial charge in [0.1, 0.15) is 0 Å². The van der Waals surface area contributed by atoms with Crippen LogP contribution >= 0.6 is 11.8 Å². The lowest BCUT2D eigenvalue weighted by atomic mass is 10.2. The number of carbonyl (C=O) groups excluding carboxylic acids is 1. The highest BCUT2D eigenvalue weighted by molar-refractivity contribution is 7.99. The minimum absolute atomic E-state index is 0.0364. The molecule has 4 nitrogen and oxygen atoms in total. The Morgan fingerprint density at radius 1 is 1.20 bits per heavy atom. The third kappa shape index (κ3) is 5.25. The van der Waals surface area contributed by atoms with Crippen molar-refractivity contribution < 1.29 is 9.53 Å². The van der Waals surface area contributed by atoms with Gasteiger partial charge in [-0.05, 0) is 36.2 Å². The van der Waals surface area contributed by atoms with Gasteiger partial charge < -0.3 is 15.0 Å². The Hall–Kier alpha value is -1.98. The second kappa shape index (κ2) is 8.92. The van der Waals surface area contributed by atoms with E-state index in [2.05, 4.69) is 34.5 Å². The molecule has 1 atom stereocenters. The van der Waals surface area contributed by atoms with Crippen LogP contribution in [0.1, 0.15) is 12.0 Å². The van der Waals surface area contributed by atoms with Crippen molar-refractivity contribution in [2.45, 2.75) is 18.3 Å². The topological polar surface area (TPSA) is 41.6 Å². The second-order valence-corrected chi connectivity index (χ2v) is 7.15. The Kier molecular flexibility index (Phi) is 6.36. The van der Waals surface area contributed by atoms with Crippen LogP contribution in [0.2, 0.25) is 0 Å². The van der Waals surface area contributed by atoms with E-state index in [1.54, 1.807) is 18.9 Å². The Morgan fingerprint density at radius 2 is 1.96 bits per heavy atom. The summed E-state index contributed by atoms with van der Waals surface area (Å²) in [4.78, 5) is 14.4. The van der Waals surface area contributed by atoms with Gasteiger partial charge in [0, 0.05) is 37.3 Å². The predicted molar refractivity (Wildman–Crippen MR) is 105 cm³/mol. The summed E-state index contributed by atoms with van der Waals surface area (Å²) >= 11 is 1.63. The number of ether oxygens (including phenoxy) is 1. The molecule has 0 unspecified atom stereocenters. The number of anilines is 2. The summed E-state index contributed by atoms with van der Waals surface area (Å²) in [6, 6.07) is 18.3. The van der Waals surface area contributed by atoms with E-state index in [0.29, 0.717) is 11.9 Å². The normalized spacial score (nSPS) is 16.8. The van der Waals surface area contributed by atoms with Gasteiger partial charge in [-0.1, -0.05) is 30.3 Å². The van der Waals surface area contributed by atoms with Gasteiger partial charge in [-0.2, -0.15) is 0 Å². The third-order valence-corrected chi connectivity index (χ3v) is 5.34. The van der Waals surface area contributed by atoms with Crippen molar-refractivity contribution in [2.24, 2.45) is 0 Å². The number of benzene rings is 2. The van der Waals surface area contributed by atoms with Crippen molar-refractivity contribution in [3.8, 4) is 0 Å². The molecule has 1 N–H and O–H groups in total. The van der Waals surface area contributed by atoms with Crippen molar-refractivity contribution in [3.05, 3.63) is 60.2 Å². The number of nitrogens with one attached hydrogen (secondary N) is 1. The quantitative estimate of drug-likeness (QED) is 0.820. The van der Waals surface area contributed by atoms with E-state index < -0.39 is 0 Å². The molecule has 2 aromatic carbocycles. The smallest absolute Gasteiger partial charge is 0.234 e. The van der Waals surface area contributed by atoms with Gasteiger partial charge in [-0.25, -0.2) is 0 Å². The lowest BCUT2D eigenvalue weighted by Crippen LogP contribution is -2.22. The summed E-state index contributed by atoms with van der Waals surface area (Å²) in [5.41, 5.74) is 3.26. The van der Waals surface area contributed by atoms with E-state index in [0.717, 1.165) is 31.0 Å². The fourth-order valence-corrected chi connectivity index (χ4v) is 3.73. The maximum absolute atomic E-state index is 12.1. The SMILES string of the molecule is CO[C@H]1CCN(c2ccc(NC(=O)CSCc3ccccc3)cc2)C1. The number of rotatable bonds is 7. The van der Waals surface area contributed by atoms with Crippen LogP contribution < -0.4 is 10.2 Å². The highest BCUT2D eigenvalue weighted by Gasteiger charge is 2.22. The molecule has 132 valence electrons. The molecular formula is C20H24N2O2S. The fourth-order valence-electron chi connectivity index (χ4n) is 2.94. The number of methoxy groups -OCH3 is 1. The summed E-state index contributed by atoms with van der Waals surface area (Å²) in [5.74, 6) is 1.34. The van der Waals surface area contributed by atoms with E-state index in [4.69, 9.17) is 4.74 Å². The molecule has 0 aliphatic carbocycles. The molecule has 3 rings (SSSR count). The number of thioether (sulfide) groups is 1. The van der Waals surface area contributed by atoms with Crippen LogP contribution in [0.5, 0.6) is 0 Å². The van der Waals surface area contributed by atoms with Gasteiger partial charge in [0.25, 0.3) is 0 Å². The summed E-state index contributed by atoms with van der Waals surface area (Å²) in [6.45, 7) is 1.94. The van der Waals surface area contributed by atoms with Crippen molar-refractivity contribution in [1.82, 2.24) is 0 Å². The number of hydrogen-bond donors (Lipinski definition) is 1. The zero-order valence-electron chi connectivity index (χ0n) is 14.5. The first-order valence-corrected chi connectivity index (χ1v) is 9.69. The first-order chi connectivity index (χ1) is 12.2. The molecule has 1 heterocycles. The van der Waals surface area contributed by atoms with Crippen molar-refractivity contribution in [3.63, 3.8) is 0 Å². The second-order valence-electron chi connectivity index (χ2n) is 6.17. The van der Waals surface area contributed by atoms with Crippen LogP contribution in [0.4, 0.5) is 11.4 Å². The molecule has 25 heavy (non-hydrogen) atoms. The Morgan fingerprint density at radius 3 is 2.64 bits per heavy atom. The zero-order valence-corrected chi connectivity index (χ0v) is 15.3. The van der Waals surface area contributed by atoms with Gasteiger partial charge in [0.15, 0.2) is 0 Å². The molecule has 0 aromatic heterocycles. The van der Waals surface area contributed by atoms with E-state index in [1.165, 1.54) is 11.3 Å². The molecule has 5 heteroatoms. The molecule has 1 aliphatic rings. The highest BCUT2D eigenvalue weighted by Crippen LogP contribution is 2.23. The lowest BCUT2D eigenvalue weighted by molar-refractivity contribution is -0.113. The molecule has 0 saturated carbocycles. The molecule has 1 saturated heterocycles. The number of hydrogen-bond acceptors (Lipinski definition) is 4. The van der Waals surface area contributed by atoms with Crippen LogP contribution in [-0.2, 0) is 15.3 Å². The van der Waals surface area contributed by atoms with E-state index in [-0.39, 0.29) is 5.91 Å². The van der Waals surface area contributed by atoms with Crippen molar-refractivity contribution in [1.29, 1.82) is 0 Å². The number of amides is 1. The fraction of sp³-hybridized carbons (Fsp3) is 0.350. The monoisotopic (exact) mass is 356 g/mol. The predicted octanol–water partition coefficient (Wildman–Crippen LogP) is 3.78. The van der Waals surface area contributed by atoms with Gasteiger partial charge in [0.05, 0.1) is 11.9 Å². The van der Waals surface area contributed by atoms with Crippen molar-refractivity contribution in [2.75, 3.05) is 36.2 Å². The maximum Gasteiger partial charge on any atom is 0.234 e. The van der Waals surface area contributed by atoms with Gasteiger partial charge >= 0.3 is 0 Å². The minimum Gasteiger partial charge on any atom is -0.380 e.